The summed E-state index contributed by atoms with van der Waals surface area (Å²) in [5.74, 6) is -1.07. The van der Waals surface area contributed by atoms with Gasteiger partial charge in [-0.3, -0.25) is 9.59 Å². The molecule has 1 heterocycles. The number of aliphatic carboxylic acids is 1. The Bertz CT molecular complexity index is 1590. The van der Waals surface area contributed by atoms with E-state index < -0.39 is 17.3 Å². The second-order valence-electron chi connectivity index (χ2n) is 12.3. The summed E-state index contributed by atoms with van der Waals surface area (Å²) in [7, 11) is 1.72. The van der Waals surface area contributed by atoms with E-state index in [2.05, 4.69) is 26.0 Å². The standard InChI is InChI=1S/C34H34FNO4/c1-20-7-12-30(35)26(14-20)23-10-8-21(15-25(23)27-6-5-13-33(27,2)3)18-40-22-9-11-24-28(16-22)34(17-29(34)32(38)39)19-36(4)31(24)37/h6-12,14-16,29H,5,13,17-19H2,1-4H3,(H,38,39)/t29-,34-/m0/s1. The van der Waals surface area contributed by atoms with Crippen LogP contribution < -0.4 is 4.74 Å². The van der Waals surface area contributed by atoms with Crippen LogP contribution >= 0.6 is 0 Å². The highest BCUT2D eigenvalue weighted by Crippen LogP contribution is 2.58. The number of benzene rings is 3. The van der Waals surface area contributed by atoms with Gasteiger partial charge < -0.3 is 14.7 Å². The molecule has 1 fully saturated rings. The average molecular weight is 540 g/mol. The van der Waals surface area contributed by atoms with E-state index in [1.165, 1.54) is 11.6 Å². The number of carboxylic acids is 1. The van der Waals surface area contributed by atoms with Gasteiger partial charge in [-0.15, -0.1) is 0 Å². The first-order valence-electron chi connectivity index (χ1n) is 13.9. The number of likely N-dealkylation sites (N-methyl/N-ethyl adjacent to an activating group) is 1. The molecule has 0 saturated heterocycles. The average Bonchev–Trinajstić information content (AvgIpc) is 3.53. The van der Waals surface area contributed by atoms with E-state index in [0.717, 1.165) is 40.7 Å². The molecule has 6 rings (SSSR count). The number of hydrogen-bond donors (Lipinski definition) is 1. The van der Waals surface area contributed by atoms with E-state index in [1.807, 2.05) is 31.2 Å². The van der Waals surface area contributed by atoms with Crippen LogP contribution in [0.4, 0.5) is 4.39 Å². The van der Waals surface area contributed by atoms with Crippen molar-refractivity contribution >= 4 is 17.4 Å². The van der Waals surface area contributed by atoms with Gasteiger partial charge in [-0.05, 0) is 95.8 Å². The van der Waals surface area contributed by atoms with Crippen LogP contribution in [0.5, 0.6) is 5.75 Å². The van der Waals surface area contributed by atoms with E-state index in [-0.39, 0.29) is 17.1 Å². The van der Waals surface area contributed by atoms with Crippen molar-refractivity contribution in [2.45, 2.75) is 52.1 Å². The van der Waals surface area contributed by atoms with Crippen molar-refractivity contribution < 1.29 is 23.8 Å². The summed E-state index contributed by atoms with van der Waals surface area (Å²) >= 11 is 0. The zero-order valence-corrected chi connectivity index (χ0v) is 23.4. The predicted octanol–water partition coefficient (Wildman–Crippen LogP) is 7.01. The number of aryl methyl sites for hydroxylation is 1. The molecule has 206 valence electrons. The predicted molar refractivity (Wildman–Crippen MR) is 153 cm³/mol. The van der Waals surface area contributed by atoms with Crippen molar-refractivity contribution in [1.82, 2.24) is 4.90 Å². The van der Waals surface area contributed by atoms with Gasteiger partial charge in [0, 0.05) is 30.1 Å². The number of ether oxygens (including phenoxy) is 1. The molecule has 1 spiro atoms. The Kier molecular flexibility index (Phi) is 6.13. The quantitative estimate of drug-likeness (QED) is 0.366. The number of rotatable bonds is 6. The number of hydrogen-bond acceptors (Lipinski definition) is 3. The van der Waals surface area contributed by atoms with Gasteiger partial charge in [0.1, 0.15) is 18.2 Å². The Balaban J connectivity index is 1.33. The summed E-state index contributed by atoms with van der Waals surface area (Å²) < 4.78 is 21.2. The number of allylic oxidation sites excluding steroid dienone is 2. The summed E-state index contributed by atoms with van der Waals surface area (Å²) in [6.45, 7) is 7.12. The lowest BCUT2D eigenvalue weighted by atomic mass is 9.79. The number of amides is 1. The third kappa shape index (κ3) is 4.30. The lowest BCUT2D eigenvalue weighted by molar-refractivity contribution is -0.139. The first-order chi connectivity index (χ1) is 19.0. The minimum atomic E-state index is -0.832. The van der Waals surface area contributed by atoms with Crippen LogP contribution in [0, 0.1) is 24.1 Å². The highest BCUT2D eigenvalue weighted by Gasteiger charge is 2.63. The molecule has 0 unspecified atom stereocenters. The van der Waals surface area contributed by atoms with Crippen molar-refractivity contribution in [3.63, 3.8) is 0 Å². The molecule has 6 heteroatoms. The Morgan fingerprint density at radius 1 is 1.05 bits per heavy atom. The number of carboxylic acid groups (broad SMARTS) is 1. The highest BCUT2D eigenvalue weighted by atomic mass is 19.1. The topological polar surface area (TPSA) is 66.8 Å². The number of nitrogens with zero attached hydrogens (tertiary/aromatic N) is 1. The van der Waals surface area contributed by atoms with Gasteiger partial charge in [-0.2, -0.15) is 0 Å². The summed E-state index contributed by atoms with van der Waals surface area (Å²) in [4.78, 5) is 26.3. The smallest absolute Gasteiger partial charge is 0.307 e. The van der Waals surface area contributed by atoms with Crippen LogP contribution in [-0.2, 0) is 16.8 Å². The molecule has 40 heavy (non-hydrogen) atoms. The normalized spacial score (nSPS) is 22.7. The van der Waals surface area contributed by atoms with Crippen LogP contribution in [0.25, 0.3) is 16.7 Å². The van der Waals surface area contributed by atoms with Crippen LogP contribution in [0.3, 0.4) is 0 Å². The fraction of sp³-hybridized carbons (Fsp3) is 0.353. The largest absolute Gasteiger partial charge is 0.489 e. The van der Waals surface area contributed by atoms with Crippen molar-refractivity contribution in [1.29, 1.82) is 0 Å². The highest BCUT2D eigenvalue weighted by molar-refractivity contribution is 5.99. The van der Waals surface area contributed by atoms with Crippen molar-refractivity contribution in [2.75, 3.05) is 13.6 Å². The Labute approximate surface area is 234 Å². The van der Waals surface area contributed by atoms with Gasteiger partial charge in [0.15, 0.2) is 0 Å². The number of carbonyl (C=O) groups is 2. The zero-order chi connectivity index (χ0) is 28.4. The maximum absolute atomic E-state index is 15.0. The Morgan fingerprint density at radius 2 is 1.82 bits per heavy atom. The van der Waals surface area contributed by atoms with Crippen molar-refractivity contribution in [2.24, 2.45) is 11.3 Å². The van der Waals surface area contributed by atoms with E-state index in [9.17, 15) is 14.7 Å². The molecule has 2 atom stereocenters. The molecule has 1 aliphatic heterocycles. The molecule has 3 aromatic carbocycles. The lowest BCUT2D eigenvalue weighted by Gasteiger charge is -2.33. The molecular formula is C34H34FNO4. The van der Waals surface area contributed by atoms with Crippen molar-refractivity contribution in [3.8, 4) is 16.9 Å². The molecule has 0 bridgehead atoms. The Hall–Kier alpha value is -3.93. The lowest BCUT2D eigenvalue weighted by Crippen LogP contribution is -2.42. The molecule has 0 aromatic heterocycles. The molecule has 1 amide bonds. The maximum Gasteiger partial charge on any atom is 0.307 e. The van der Waals surface area contributed by atoms with E-state index >= 15 is 4.39 Å². The van der Waals surface area contributed by atoms with Gasteiger partial charge in [0.25, 0.3) is 5.91 Å². The monoisotopic (exact) mass is 539 g/mol. The van der Waals surface area contributed by atoms with Crippen LogP contribution in [-0.4, -0.2) is 35.5 Å². The fourth-order valence-electron chi connectivity index (χ4n) is 6.71. The van der Waals surface area contributed by atoms with Gasteiger partial charge in [-0.1, -0.05) is 43.7 Å². The third-order valence-corrected chi connectivity index (χ3v) is 9.04. The van der Waals surface area contributed by atoms with Gasteiger partial charge in [-0.25, -0.2) is 4.39 Å². The fourth-order valence-corrected chi connectivity index (χ4v) is 6.71. The molecular weight excluding hydrogens is 505 g/mol. The number of halogens is 1. The first kappa shape index (κ1) is 26.3. The first-order valence-corrected chi connectivity index (χ1v) is 13.9. The van der Waals surface area contributed by atoms with E-state index in [0.29, 0.717) is 36.4 Å². The summed E-state index contributed by atoms with van der Waals surface area (Å²) in [6.07, 6.45) is 4.81. The van der Waals surface area contributed by atoms with Crippen molar-refractivity contribution in [3.05, 3.63) is 94.3 Å². The molecule has 1 N–H and O–H groups in total. The summed E-state index contributed by atoms with van der Waals surface area (Å²) in [5.41, 5.74) is 6.40. The Morgan fingerprint density at radius 3 is 2.52 bits per heavy atom. The van der Waals surface area contributed by atoms with Gasteiger partial charge in [0.2, 0.25) is 0 Å². The van der Waals surface area contributed by atoms with Gasteiger partial charge >= 0.3 is 5.97 Å². The second-order valence-corrected chi connectivity index (χ2v) is 12.3. The zero-order valence-electron chi connectivity index (χ0n) is 23.4. The maximum atomic E-state index is 15.0. The summed E-state index contributed by atoms with van der Waals surface area (Å²) in [5, 5.41) is 9.70. The van der Waals surface area contributed by atoms with Crippen LogP contribution in [0.1, 0.15) is 65.7 Å². The van der Waals surface area contributed by atoms with Crippen LogP contribution in [0.15, 0.2) is 60.7 Å². The molecule has 1 saturated carbocycles. The third-order valence-electron chi connectivity index (χ3n) is 9.04. The molecule has 0 radical (unpaired) electrons. The minimum absolute atomic E-state index is 0.0218. The second kappa shape index (κ2) is 9.33. The molecule has 3 aromatic rings. The van der Waals surface area contributed by atoms with E-state index in [4.69, 9.17) is 4.74 Å². The van der Waals surface area contributed by atoms with Crippen LogP contribution in [0.2, 0.25) is 0 Å². The molecule has 3 aliphatic rings. The molecule has 2 aliphatic carbocycles. The van der Waals surface area contributed by atoms with E-state index in [1.54, 1.807) is 30.1 Å². The minimum Gasteiger partial charge on any atom is -0.489 e. The summed E-state index contributed by atoms with van der Waals surface area (Å²) in [6, 6.07) is 16.7. The molecule has 5 nitrogen and oxygen atoms in total. The number of carbonyl (C=O) groups excluding carboxylic acids is 1. The van der Waals surface area contributed by atoms with Gasteiger partial charge in [0.05, 0.1) is 5.92 Å². The SMILES string of the molecule is Cc1ccc(F)c(-c2ccc(COc3ccc4c(c3)[C@]3(C[C@H]3C(=O)O)CN(C)C4=O)cc2C2=CCCC2(C)C)c1. The number of fused-ring (bicyclic) bond motifs is 2.